The smallest absolute Gasteiger partial charge is 0.176 e. The molecule has 0 radical (unpaired) electrons. The lowest BCUT2D eigenvalue weighted by atomic mass is 10.1. The highest BCUT2D eigenvalue weighted by atomic mass is 79.9. The van der Waals surface area contributed by atoms with Gasteiger partial charge in [0.2, 0.25) is 0 Å². The van der Waals surface area contributed by atoms with E-state index in [4.69, 9.17) is 0 Å². The van der Waals surface area contributed by atoms with Crippen LogP contribution in [0.4, 0.5) is 0 Å². The van der Waals surface area contributed by atoms with E-state index in [9.17, 15) is 4.79 Å². The summed E-state index contributed by atoms with van der Waals surface area (Å²) in [6.45, 7) is 6.81. The van der Waals surface area contributed by atoms with Crippen LogP contribution in [0.5, 0.6) is 0 Å². The van der Waals surface area contributed by atoms with Crippen LogP contribution in [-0.2, 0) is 0 Å². The number of hydrogen-bond acceptors (Lipinski definition) is 2. The summed E-state index contributed by atoms with van der Waals surface area (Å²) in [5.41, 5.74) is 0.797. The van der Waals surface area contributed by atoms with Gasteiger partial charge in [-0.1, -0.05) is 41.9 Å². The third-order valence-corrected chi connectivity index (χ3v) is 3.14. The van der Waals surface area contributed by atoms with E-state index in [1.807, 2.05) is 24.3 Å². The predicted molar refractivity (Wildman–Crippen MR) is 75.5 cm³/mol. The largest absolute Gasteiger partial charge is 0.296 e. The highest BCUT2D eigenvalue weighted by Crippen LogP contribution is 2.11. The van der Waals surface area contributed by atoms with E-state index in [0.717, 1.165) is 36.0 Å². The van der Waals surface area contributed by atoms with Gasteiger partial charge in [-0.15, -0.1) is 0 Å². The third-order valence-electron chi connectivity index (χ3n) is 2.61. The molecule has 94 valence electrons. The number of rotatable bonds is 7. The molecule has 1 aromatic carbocycles. The molecule has 0 amide bonds. The molecule has 1 aromatic rings. The first-order valence-corrected chi connectivity index (χ1v) is 6.97. The molecule has 0 aliphatic heterocycles. The van der Waals surface area contributed by atoms with E-state index in [2.05, 4.69) is 34.7 Å². The first-order chi connectivity index (χ1) is 8.17. The average molecular weight is 298 g/mol. The molecular formula is C14H20BrNO. The summed E-state index contributed by atoms with van der Waals surface area (Å²) < 4.78 is 1.01. The lowest BCUT2D eigenvalue weighted by molar-refractivity contribution is 0.0930. The summed E-state index contributed by atoms with van der Waals surface area (Å²) in [7, 11) is 0. The van der Waals surface area contributed by atoms with E-state index >= 15 is 0 Å². The molecule has 0 bridgehead atoms. The standard InChI is InChI=1S/C14H20BrNO/c1-3-9-16(10-4-2)11-14(17)12-5-7-13(15)8-6-12/h5-8H,3-4,9-11H2,1-2H3. The van der Waals surface area contributed by atoms with E-state index in [1.54, 1.807) is 0 Å². The van der Waals surface area contributed by atoms with Gasteiger partial charge in [0.05, 0.1) is 6.54 Å². The summed E-state index contributed by atoms with van der Waals surface area (Å²) in [4.78, 5) is 14.3. The van der Waals surface area contributed by atoms with Crippen LogP contribution in [0.2, 0.25) is 0 Å². The van der Waals surface area contributed by atoms with E-state index in [-0.39, 0.29) is 5.78 Å². The Balaban J connectivity index is 2.60. The lowest BCUT2D eigenvalue weighted by Crippen LogP contribution is -2.31. The second-order valence-corrected chi connectivity index (χ2v) is 5.12. The first-order valence-electron chi connectivity index (χ1n) is 6.18. The van der Waals surface area contributed by atoms with Crippen LogP contribution in [-0.4, -0.2) is 30.3 Å². The van der Waals surface area contributed by atoms with Gasteiger partial charge in [-0.25, -0.2) is 0 Å². The zero-order valence-electron chi connectivity index (χ0n) is 10.6. The molecule has 1 rings (SSSR count). The molecule has 0 fully saturated rings. The van der Waals surface area contributed by atoms with E-state index in [0.29, 0.717) is 6.54 Å². The highest BCUT2D eigenvalue weighted by Gasteiger charge is 2.10. The Morgan fingerprint density at radius 1 is 1.12 bits per heavy atom. The highest BCUT2D eigenvalue weighted by molar-refractivity contribution is 9.10. The summed E-state index contributed by atoms with van der Waals surface area (Å²) in [5.74, 6) is 0.208. The number of halogens is 1. The van der Waals surface area contributed by atoms with Gasteiger partial charge in [0.25, 0.3) is 0 Å². The van der Waals surface area contributed by atoms with Gasteiger partial charge in [-0.2, -0.15) is 0 Å². The molecule has 0 saturated heterocycles. The Labute approximate surface area is 112 Å². The van der Waals surface area contributed by atoms with Crippen molar-refractivity contribution < 1.29 is 4.79 Å². The normalized spacial score (nSPS) is 10.8. The maximum Gasteiger partial charge on any atom is 0.176 e. The number of ketones is 1. The van der Waals surface area contributed by atoms with Crippen LogP contribution in [0.25, 0.3) is 0 Å². The summed E-state index contributed by atoms with van der Waals surface area (Å²) >= 11 is 3.37. The number of benzene rings is 1. The maximum atomic E-state index is 12.1. The second-order valence-electron chi connectivity index (χ2n) is 4.21. The maximum absolute atomic E-state index is 12.1. The number of carbonyl (C=O) groups is 1. The van der Waals surface area contributed by atoms with Gasteiger partial charge >= 0.3 is 0 Å². The van der Waals surface area contributed by atoms with Gasteiger partial charge in [0.1, 0.15) is 0 Å². The quantitative estimate of drug-likeness (QED) is 0.714. The molecule has 0 aliphatic carbocycles. The Morgan fingerprint density at radius 3 is 2.12 bits per heavy atom. The van der Waals surface area contributed by atoms with Crippen LogP contribution in [0.15, 0.2) is 28.7 Å². The van der Waals surface area contributed by atoms with Crippen molar-refractivity contribution in [2.75, 3.05) is 19.6 Å². The average Bonchev–Trinajstić information content (AvgIpc) is 2.30. The molecule has 0 unspecified atom stereocenters. The molecule has 17 heavy (non-hydrogen) atoms. The van der Waals surface area contributed by atoms with Crippen molar-refractivity contribution in [3.05, 3.63) is 34.3 Å². The van der Waals surface area contributed by atoms with Crippen molar-refractivity contribution in [2.45, 2.75) is 26.7 Å². The number of hydrogen-bond donors (Lipinski definition) is 0. The molecule has 0 aliphatic rings. The Bertz CT molecular complexity index is 342. The predicted octanol–water partition coefficient (Wildman–Crippen LogP) is 3.75. The minimum atomic E-state index is 0.208. The molecule has 0 spiro atoms. The fraction of sp³-hybridized carbons (Fsp3) is 0.500. The first kappa shape index (κ1) is 14.4. The van der Waals surface area contributed by atoms with Crippen molar-refractivity contribution >= 4 is 21.7 Å². The number of carbonyl (C=O) groups excluding carboxylic acids is 1. The lowest BCUT2D eigenvalue weighted by Gasteiger charge is -2.19. The van der Waals surface area contributed by atoms with Gasteiger partial charge in [-0.05, 0) is 38.1 Å². The zero-order valence-corrected chi connectivity index (χ0v) is 12.2. The summed E-state index contributed by atoms with van der Waals surface area (Å²) in [5, 5.41) is 0. The van der Waals surface area contributed by atoms with Gasteiger partial charge in [0.15, 0.2) is 5.78 Å². The molecule has 0 aromatic heterocycles. The van der Waals surface area contributed by atoms with Gasteiger partial charge in [-0.3, -0.25) is 9.69 Å². The Kier molecular flexibility index (Phi) is 6.45. The van der Waals surface area contributed by atoms with Crippen LogP contribution >= 0.6 is 15.9 Å². The minimum absolute atomic E-state index is 0.208. The second kappa shape index (κ2) is 7.62. The van der Waals surface area contributed by atoms with E-state index in [1.165, 1.54) is 0 Å². The van der Waals surface area contributed by atoms with Crippen molar-refractivity contribution in [2.24, 2.45) is 0 Å². The van der Waals surface area contributed by atoms with Crippen LogP contribution in [0.3, 0.4) is 0 Å². The molecule has 0 atom stereocenters. The van der Waals surface area contributed by atoms with Crippen LogP contribution in [0, 0.1) is 0 Å². The van der Waals surface area contributed by atoms with Crippen molar-refractivity contribution in [3.63, 3.8) is 0 Å². The summed E-state index contributed by atoms with van der Waals surface area (Å²) in [6.07, 6.45) is 2.18. The van der Waals surface area contributed by atoms with Crippen LogP contribution in [0.1, 0.15) is 37.0 Å². The summed E-state index contributed by atoms with van der Waals surface area (Å²) in [6, 6.07) is 7.58. The SMILES string of the molecule is CCCN(CCC)CC(=O)c1ccc(Br)cc1. The molecular weight excluding hydrogens is 278 g/mol. The van der Waals surface area contributed by atoms with Crippen molar-refractivity contribution in [1.29, 1.82) is 0 Å². The van der Waals surface area contributed by atoms with Crippen molar-refractivity contribution in [3.8, 4) is 0 Å². The third kappa shape index (κ3) is 5.00. The monoisotopic (exact) mass is 297 g/mol. The Hall–Kier alpha value is -0.670. The molecule has 0 saturated carbocycles. The van der Waals surface area contributed by atoms with Crippen LogP contribution < -0.4 is 0 Å². The number of nitrogens with zero attached hydrogens (tertiary/aromatic N) is 1. The van der Waals surface area contributed by atoms with E-state index < -0.39 is 0 Å². The molecule has 2 nitrogen and oxygen atoms in total. The van der Waals surface area contributed by atoms with Crippen molar-refractivity contribution in [1.82, 2.24) is 4.90 Å². The van der Waals surface area contributed by atoms with Gasteiger partial charge in [0, 0.05) is 10.0 Å². The Morgan fingerprint density at radius 2 is 1.65 bits per heavy atom. The fourth-order valence-corrected chi connectivity index (χ4v) is 2.10. The topological polar surface area (TPSA) is 20.3 Å². The zero-order chi connectivity index (χ0) is 12.7. The number of Topliss-reactive ketones (excluding diaryl/α,β-unsaturated/α-hetero) is 1. The molecule has 3 heteroatoms. The minimum Gasteiger partial charge on any atom is -0.296 e. The molecule has 0 heterocycles. The van der Waals surface area contributed by atoms with Gasteiger partial charge < -0.3 is 0 Å². The fourth-order valence-electron chi connectivity index (χ4n) is 1.83. The molecule has 0 N–H and O–H groups in total.